The van der Waals surface area contributed by atoms with E-state index in [-0.39, 0.29) is 0 Å². The molecule has 0 saturated carbocycles. The smallest absolute Gasteiger partial charge is 0.179 e. The summed E-state index contributed by atoms with van der Waals surface area (Å²) in [6.45, 7) is 0.194. The predicted molar refractivity (Wildman–Crippen MR) is 65.1 cm³/mol. The molecule has 0 saturated heterocycles. The molecular weight excluding hydrogens is 227 g/mol. The second kappa shape index (κ2) is 7.54. The minimum absolute atomic E-state index is 1.01. The molecule has 0 unspecified atom stereocenters. The second-order valence-electron chi connectivity index (χ2n) is 3.31. The van der Waals surface area contributed by atoms with E-state index in [4.69, 9.17) is 22.2 Å². The molecule has 0 aliphatic rings. The van der Waals surface area contributed by atoms with Crippen LogP contribution in [0.3, 0.4) is 0 Å². The lowest BCUT2D eigenvalue weighted by Gasteiger charge is -2.08. The van der Waals surface area contributed by atoms with Gasteiger partial charge < -0.3 is 0 Å². The van der Waals surface area contributed by atoms with Gasteiger partial charge in [-0.1, -0.05) is 25.7 Å². The van der Waals surface area contributed by atoms with Crippen molar-refractivity contribution in [1.82, 2.24) is 0 Å². The molecule has 0 fully saturated rings. The maximum Gasteiger partial charge on any atom is 0.248 e. The van der Waals surface area contributed by atoms with Crippen LogP contribution in [-0.2, 0) is 0 Å². The van der Waals surface area contributed by atoms with Gasteiger partial charge in [0.1, 0.15) is 0 Å². The summed E-state index contributed by atoms with van der Waals surface area (Å²) in [5, 5.41) is 0. The van der Waals surface area contributed by atoms with Gasteiger partial charge in [0.15, 0.2) is 0 Å². The van der Waals surface area contributed by atoms with Gasteiger partial charge in [0, 0.05) is 0 Å². The quantitative estimate of drug-likeness (QED) is 0.292. The van der Waals surface area contributed by atoms with Crippen molar-refractivity contribution in [2.75, 3.05) is 5.75 Å². The maximum absolute atomic E-state index is 5.97. The highest BCUT2D eigenvalue weighted by Crippen LogP contribution is 2.23. The van der Waals surface area contributed by atoms with Crippen LogP contribution in [0.25, 0.3) is 0 Å². The summed E-state index contributed by atoms with van der Waals surface area (Å²) >= 11 is 16.1. The highest BCUT2D eigenvalue weighted by atomic mass is 35.7. The van der Waals surface area contributed by atoms with E-state index in [1.807, 2.05) is 6.55 Å². The van der Waals surface area contributed by atoms with E-state index in [0.717, 1.165) is 11.8 Å². The van der Waals surface area contributed by atoms with Gasteiger partial charge in [-0.15, -0.1) is 22.2 Å². The molecule has 0 N–H and O–H groups in total. The summed E-state index contributed by atoms with van der Waals surface area (Å²) in [7, 11) is 0. The maximum atomic E-state index is 5.97. The monoisotopic (exact) mass is 244 g/mol. The van der Waals surface area contributed by atoms with Crippen molar-refractivity contribution in [3.8, 4) is 0 Å². The normalized spacial score (nSPS) is 12.0. The number of hydrogen-bond donors (Lipinski definition) is 1. The second-order valence-corrected chi connectivity index (χ2v) is 12.0. The van der Waals surface area contributed by atoms with E-state index in [1.165, 1.54) is 32.1 Å². The summed E-state index contributed by atoms with van der Waals surface area (Å²) in [5.41, 5.74) is 0. The molecule has 0 heterocycles. The molecule has 12 heavy (non-hydrogen) atoms. The molecule has 0 nitrogen and oxygen atoms in total. The van der Waals surface area contributed by atoms with Gasteiger partial charge in [0.05, 0.1) is 0 Å². The molecule has 0 aromatic rings. The lowest BCUT2D eigenvalue weighted by atomic mass is 10.2. The van der Waals surface area contributed by atoms with Gasteiger partial charge in [-0.25, -0.2) is 0 Å². The zero-order valence-electron chi connectivity index (χ0n) is 7.65. The lowest BCUT2D eigenvalue weighted by Crippen LogP contribution is -2.11. The Labute approximate surface area is 91.8 Å². The number of unbranched alkanes of at least 4 members (excludes halogenated alkanes) is 4. The van der Waals surface area contributed by atoms with Gasteiger partial charge >= 0.3 is 0 Å². The molecule has 4 heteroatoms. The molecule has 0 aliphatic carbocycles. The Balaban J connectivity index is 3.01. The van der Waals surface area contributed by atoms with Crippen molar-refractivity contribution in [3.05, 3.63) is 0 Å². The van der Waals surface area contributed by atoms with Crippen molar-refractivity contribution in [1.29, 1.82) is 0 Å². The largest absolute Gasteiger partial charge is 0.248 e. The third kappa shape index (κ3) is 11.1. The Morgan fingerprint density at radius 2 is 1.50 bits per heavy atom. The first-order chi connectivity index (χ1) is 5.56. The van der Waals surface area contributed by atoms with Crippen molar-refractivity contribution in [3.63, 3.8) is 0 Å². The highest BCUT2D eigenvalue weighted by Gasteiger charge is 2.19. The third-order valence-corrected chi connectivity index (χ3v) is 4.46. The Morgan fingerprint density at radius 3 is 2.00 bits per heavy atom. The molecule has 0 aromatic heterocycles. The summed E-state index contributed by atoms with van der Waals surface area (Å²) < 4.78 is 0. The van der Waals surface area contributed by atoms with E-state index in [9.17, 15) is 0 Å². The Hall–Kier alpha value is 1.15. The van der Waals surface area contributed by atoms with E-state index >= 15 is 0 Å². The fourth-order valence-electron chi connectivity index (χ4n) is 1.08. The number of hydrogen-bond acceptors (Lipinski definition) is 1. The first kappa shape index (κ1) is 13.1. The summed E-state index contributed by atoms with van der Waals surface area (Å²) in [5.74, 6) is 1.01. The fourth-order valence-corrected chi connectivity index (χ4v) is 2.97. The minimum Gasteiger partial charge on any atom is -0.179 e. The summed E-state index contributed by atoms with van der Waals surface area (Å²) in [4.78, 5) is 0. The zero-order chi connectivity index (χ0) is 9.45. The Kier molecular flexibility index (Phi) is 8.26. The molecule has 0 spiro atoms. The van der Waals surface area contributed by atoms with Gasteiger partial charge in [0.25, 0.3) is 0 Å². The van der Waals surface area contributed by atoms with Gasteiger partial charge in [-0.3, -0.25) is 0 Å². The van der Waals surface area contributed by atoms with Crippen LogP contribution in [0.5, 0.6) is 0 Å². The predicted octanol–water partition coefficient (Wildman–Crippen LogP) is 4.42. The zero-order valence-corrected chi connectivity index (χ0v) is 11.1. The minimum atomic E-state index is -1.80. The lowest BCUT2D eigenvalue weighted by molar-refractivity contribution is 0.658. The standard InChI is InChI=1S/C8H18Cl2SSi/c1-12(9,10)8-6-4-2-3-5-7-11/h11H,2-8H2,1H3. The van der Waals surface area contributed by atoms with Gasteiger partial charge in [0.2, 0.25) is 6.69 Å². The van der Waals surface area contributed by atoms with E-state index in [0.29, 0.717) is 0 Å². The molecule has 0 amide bonds. The summed E-state index contributed by atoms with van der Waals surface area (Å²) in [6, 6.07) is 1.04. The average Bonchev–Trinajstić information content (AvgIpc) is 1.94. The number of thiol groups is 1. The van der Waals surface area contributed by atoms with Crippen molar-refractivity contribution in [2.24, 2.45) is 0 Å². The number of rotatable bonds is 7. The van der Waals surface area contributed by atoms with E-state index < -0.39 is 6.69 Å². The van der Waals surface area contributed by atoms with Crippen molar-refractivity contribution in [2.45, 2.75) is 44.7 Å². The molecule has 0 aromatic carbocycles. The Bertz CT molecular complexity index is 104. The van der Waals surface area contributed by atoms with Crippen LogP contribution >= 0.6 is 34.8 Å². The third-order valence-electron chi connectivity index (χ3n) is 1.77. The van der Waals surface area contributed by atoms with Crippen LogP contribution in [0.15, 0.2) is 0 Å². The molecular formula is C8H18Cl2SSi. The van der Waals surface area contributed by atoms with Crippen LogP contribution in [-0.4, -0.2) is 12.4 Å². The van der Waals surface area contributed by atoms with Crippen LogP contribution in [0.2, 0.25) is 12.6 Å². The number of halogens is 2. The van der Waals surface area contributed by atoms with E-state index in [2.05, 4.69) is 12.6 Å². The molecule has 0 radical (unpaired) electrons. The molecule has 0 atom stereocenters. The first-order valence-electron chi connectivity index (χ1n) is 4.55. The molecule has 74 valence electrons. The van der Waals surface area contributed by atoms with Crippen molar-refractivity contribution < 1.29 is 0 Å². The van der Waals surface area contributed by atoms with Crippen LogP contribution in [0, 0.1) is 0 Å². The SMILES string of the molecule is C[Si](Cl)(Cl)CCCCCCCS. The van der Waals surface area contributed by atoms with E-state index in [1.54, 1.807) is 0 Å². The van der Waals surface area contributed by atoms with Crippen molar-refractivity contribution >= 4 is 41.5 Å². The van der Waals surface area contributed by atoms with Crippen LogP contribution in [0.1, 0.15) is 32.1 Å². The average molecular weight is 245 g/mol. The molecule has 0 rings (SSSR count). The van der Waals surface area contributed by atoms with Gasteiger partial charge in [-0.2, -0.15) is 12.6 Å². The first-order valence-corrected chi connectivity index (χ1v) is 9.91. The molecule has 0 bridgehead atoms. The summed E-state index contributed by atoms with van der Waals surface area (Å²) in [6.07, 6.45) is 6.31. The topological polar surface area (TPSA) is 0 Å². The highest BCUT2D eigenvalue weighted by molar-refractivity contribution is 7.80. The molecule has 0 aliphatic heterocycles. The fraction of sp³-hybridized carbons (Fsp3) is 1.00. The van der Waals surface area contributed by atoms with Crippen LogP contribution < -0.4 is 0 Å². The van der Waals surface area contributed by atoms with Crippen LogP contribution in [0.4, 0.5) is 0 Å². The Morgan fingerprint density at radius 1 is 1.00 bits per heavy atom. The van der Waals surface area contributed by atoms with Gasteiger partial charge in [-0.05, 0) is 24.8 Å².